The van der Waals surface area contributed by atoms with Crippen molar-refractivity contribution < 1.29 is 4.39 Å². The highest BCUT2D eigenvalue weighted by Crippen LogP contribution is 2.24. The van der Waals surface area contributed by atoms with E-state index in [4.69, 9.17) is 5.84 Å². The molecule has 0 bridgehead atoms. The lowest BCUT2D eigenvalue weighted by Gasteiger charge is -2.09. The van der Waals surface area contributed by atoms with E-state index < -0.39 is 0 Å². The molecule has 1 aromatic rings. The van der Waals surface area contributed by atoms with Crippen molar-refractivity contribution in [1.29, 1.82) is 0 Å². The molecule has 2 rings (SSSR count). The molecule has 86 valence electrons. The van der Waals surface area contributed by atoms with Gasteiger partial charge < -0.3 is 5.32 Å². The van der Waals surface area contributed by atoms with Crippen molar-refractivity contribution in [3.05, 3.63) is 28.5 Å². The average Bonchev–Trinajstić information content (AvgIpc) is 3.04. The van der Waals surface area contributed by atoms with E-state index in [2.05, 4.69) is 31.7 Å². The molecule has 1 aromatic carbocycles. The van der Waals surface area contributed by atoms with E-state index in [-0.39, 0.29) is 5.82 Å². The quantitative estimate of drug-likeness (QED) is 0.337. The van der Waals surface area contributed by atoms with Crippen molar-refractivity contribution in [2.24, 2.45) is 10.8 Å². The maximum atomic E-state index is 13.5. The standard InChI is InChI=1S/C10H12BrFN4/c11-6-1-4-9(8(12)5-6)15-10(16-13)14-7-2-3-7/h1,4-5,7H,2-3,13H2,(H2,14,15,16). The van der Waals surface area contributed by atoms with E-state index in [1.807, 2.05) is 0 Å². The molecule has 4 N–H and O–H groups in total. The van der Waals surface area contributed by atoms with Gasteiger partial charge in [0.05, 0.1) is 11.7 Å². The maximum Gasteiger partial charge on any atom is 0.210 e. The van der Waals surface area contributed by atoms with E-state index in [1.165, 1.54) is 6.07 Å². The summed E-state index contributed by atoms with van der Waals surface area (Å²) in [6.45, 7) is 0. The minimum atomic E-state index is -0.354. The minimum absolute atomic E-state index is 0.317. The normalized spacial score (nSPS) is 16.1. The first kappa shape index (κ1) is 11.3. The third-order valence-electron chi connectivity index (χ3n) is 2.18. The fraction of sp³-hybridized carbons (Fsp3) is 0.300. The molecule has 0 aliphatic heterocycles. The van der Waals surface area contributed by atoms with Crippen molar-refractivity contribution in [3.63, 3.8) is 0 Å². The molecule has 0 amide bonds. The first-order valence-corrected chi connectivity index (χ1v) is 5.75. The highest BCUT2D eigenvalue weighted by molar-refractivity contribution is 9.10. The summed E-state index contributed by atoms with van der Waals surface area (Å²) >= 11 is 3.19. The van der Waals surface area contributed by atoms with Gasteiger partial charge in [0.2, 0.25) is 5.96 Å². The summed E-state index contributed by atoms with van der Waals surface area (Å²) in [4.78, 5) is 4.26. The van der Waals surface area contributed by atoms with Gasteiger partial charge in [-0.15, -0.1) is 0 Å². The van der Waals surface area contributed by atoms with Crippen LogP contribution >= 0.6 is 15.9 Å². The number of halogens is 2. The Morgan fingerprint density at radius 2 is 2.25 bits per heavy atom. The van der Waals surface area contributed by atoms with Crippen LogP contribution in [0.5, 0.6) is 0 Å². The number of anilines is 1. The number of guanidine groups is 1. The molecule has 16 heavy (non-hydrogen) atoms. The molecule has 6 heteroatoms. The highest BCUT2D eigenvalue weighted by atomic mass is 79.9. The molecule has 0 radical (unpaired) electrons. The highest BCUT2D eigenvalue weighted by Gasteiger charge is 2.21. The van der Waals surface area contributed by atoms with Crippen LogP contribution in [-0.2, 0) is 0 Å². The molecule has 0 aromatic heterocycles. The third-order valence-corrected chi connectivity index (χ3v) is 2.67. The smallest absolute Gasteiger partial charge is 0.210 e. The molecule has 0 heterocycles. The second kappa shape index (κ2) is 4.80. The summed E-state index contributed by atoms with van der Waals surface area (Å²) in [7, 11) is 0. The van der Waals surface area contributed by atoms with Crippen LogP contribution in [0, 0.1) is 5.82 Å². The summed E-state index contributed by atoms with van der Waals surface area (Å²) in [5.41, 5.74) is 2.77. The van der Waals surface area contributed by atoms with Crippen molar-refractivity contribution in [1.82, 2.24) is 5.43 Å². The van der Waals surface area contributed by atoms with Crippen molar-refractivity contribution in [2.45, 2.75) is 18.9 Å². The number of nitrogens with one attached hydrogen (secondary N) is 2. The Morgan fingerprint density at radius 3 is 2.81 bits per heavy atom. The van der Waals surface area contributed by atoms with Gasteiger partial charge in [-0.1, -0.05) is 15.9 Å². The van der Waals surface area contributed by atoms with Crippen molar-refractivity contribution >= 4 is 27.6 Å². The van der Waals surface area contributed by atoms with Crippen LogP contribution < -0.4 is 16.6 Å². The van der Waals surface area contributed by atoms with Gasteiger partial charge in [-0.05, 0) is 31.0 Å². The molecule has 4 nitrogen and oxygen atoms in total. The van der Waals surface area contributed by atoms with Gasteiger partial charge in [0.1, 0.15) is 5.82 Å². The Balaban J connectivity index is 2.12. The van der Waals surface area contributed by atoms with Crippen molar-refractivity contribution in [3.8, 4) is 0 Å². The van der Waals surface area contributed by atoms with E-state index >= 15 is 0 Å². The predicted octanol–water partition coefficient (Wildman–Crippen LogP) is 1.98. The molecule has 0 unspecified atom stereocenters. The van der Waals surface area contributed by atoms with E-state index in [9.17, 15) is 4.39 Å². The number of nitrogens with zero attached hydrogens (tertiary/aromatic N) is 1. The zero-order valence-corrected chi connectivity index (χ0v) is 10.1. The van der Waals surface area contributed by atoms with Gasteiger partial charge in [0, 0.05) is 4.47 Å². The van der Waals surface area contributed by atoms with Crippen LogP contribution in [0.1, 0.15) is 12.8 Å². The Kier molecular flexibility index (Phi) is 3.40. The molecule has 0 saturated heterocycles. The third kappa shape index (κ3) is 2.93. The number of hydrogen-bond donors (Lipinski definition) is 3. The topological polar surface area (TPSA) is 62.4 Å². The van der Waals surface area contributed by atoms with Gasteiger partial charge >= 0.3 is 0 Å². The van der Waals surface area contributed by atoms with E-state index in [1.54, 1.807) is 12.1 Å². The lowest BCUT2D eigenvalue weighted by Crippen LogP contribution is -2.36. The van der Waals surface area contributed by atoms with E-state index in [0.29, 0.717) is 22.2 Å². The first-order chi connectivity index (χ1) is 7.69. The Hall–Kier alpha value is -1.14. The number of benzene rings is 1. The molecule has 1 saturated carbocycles. The van der Waals surface area contributed by atoms with Crippen molar-refractivity contribution in [2.75, 3.05) is 5.32 Å². The van der Waals surface area contributed by atoms with Crippen LogP contribution in [0.2, 0.25) is 0 Å². The SMILES string of the molecule is NNC(=NC1CC1)Nc1ccc(Br)cc1F. The Bertz CT molecular complexity index is 417. The molecule has 0 atom stereocenters. The monoisotopic (exact) mass is 286 g/mol. The van der Waals surface area contributed by atoms with Crippen LogP contribution in [-0.4, -0.2) is 12.0 Å². The zero-order valence-electron chi connectivity index (χ0n) is 8.50. The zero-order chi connectivity index (χ0) is 11.5. The largest absolute Gasteiger partial charge is 0.323 e. The summed E-state index contributed by atoms with van der Waals surface area (Å²) in [5.74, 6) is 5.34. The Morgan fingerprint density at radius 1 is 1.50 bits per heavy atom. The van der Waals surface area contributed by atoms with Gasteiger partial charge in [-0.25, -0.2) is 15.2 Å². The second-order valence-corrected chi connectivity index (χ2v) is 4.52. The lowest BCUT2D eigenvalue weighted by atomic mass is 10.3. The number of aliphatic imine (C=N–C) groups is 1. The molecule has 1 aliphatic rings. The number of hydrazine groups is 1. The predicted molar refractivity (Wildman–Crippen MR) is 65.5 cm³/mol. The molecule has 0 spiro atoms. The number of nitrogens with two attached hydrogens (primary N) is 1. The van der Waals surface area contributed by atoms with Gasteiger partial charge in [0.25, 0.3) is 0 Å². The fourth-order valence-electron chi connectivity index (χ4n) is 1.21. The maximum absolute atomic E-state index is 13.5. The Labute approximate surface area is 101 Å². The number of hydrogen-bond acceptors (Lipinski definition) is 2. The molecular formula is C10H12BrFN4. The summed E-state index contributed by atoms with van der Waals surface area (Å²) in [6, 6.07) is 5.07. The van der Waals surface area contributed by atoms with Crippen LogP contribution in [0.4, 0.5) is 10.1 Å². The number of rotatable bonds is 2. The molecular weight excluding hydrogens is 275 g/mol. The summed E-state index contributed by atoms with van der Waals surface area (Å²) < 4.78 is 14.2. The van der Waals surface area contributed by atoms with Gasteiger partial charge in [-0.2, -0.15) is 0 Å². The van der Waals surface area contributed by atoms with Gasteiger partial charge in [0.15, 0.2) is 0 Å². The summed E-state index contributed by atoms with van der Waals surface area (Å²) in [6.07, 6.45) is 2.13. The van der Waals surface area contributed by atoms with E-state index in [0.717, 1.165) is 12.8 Å². The average molecular weight is 287 g/mol. The second-order valence-electron chi connectivity index (χ2n) is 3.60. The van der Waals surface area contributed by atoms with Gasteiger partial charge in [-0.3, -0.25) is 5.43 Å². The summed E-state index contributed by atoms with van der Waals surface area (Å²) in [5, 5.41) is 2.81. The van der Waals surface area contributed by atoms with Crippen LogP contribution in [0.25, 0.3) is 0 Å². The minimum Gasteiger partial charge on any atom is -0.323 e. The molecule has 1 fully saturated rings. The molecule has 1 aliphatic carbocycles. The van der Waals surface area contributed by atoms with Crippen LogP contribution in [0.3, 0.4) is 0 Å². The first-order valence-electron chi connectivity index (χ1n) is 4.95. The lowest BCUT2D eigenvalue weighted by molar-refractivity contribution is 0.631. The van der Waals surface area contributed by atoms with Crippen LogP contribution in [0.15, 0.2) is 27.7 Å². The fourth-order valence-corrected chi connectivity index (χ4v) is 1.54.